The zero-order valence-corrected chi connectivity index (χ0v) is 10.4. The van der Waals surface area contributed by atoms with Crippen LogP contribution in [0, 0.1) is 5.92 Å². The van der Waals surface area contributed by atoms with Gasteiger partial charge >= 0.3 is 0 Å². The van der Waals surface area contributed by atoms with Crippen molar-refractivity contribution < 1.29 is 4.79 Å². The predicted molar refractivity (Wildman–Crippen MR) is 65.5 cm³/mol. The molecule has 0 radical (unpaired) electrons. The molecule has 0 spiro atoms. The molecule has 0 bridgehead atoms. The van der Waals surface area contributed by atoms with Crippen molar-refractivity contribution in [1.82, 2.24) is 14.9 Å². The highest BCUT2D eigenvalue weighted by Crippen LogP contribution is 2.27. The average molecular weight is 236 g/mol. The molecule has 2 atom stereocenters. The molecule has 3 N–H and O–H groups in total. The van der Waals surface area contributed by atoms with Crippen LogP contribution in [0.25, 0.3) is 0 Å². The quantitative estimate of drug-likeness (QED) is 0.806. The molecule has 2 unspecified atom stereocenters. The molecule has 0 aliphatic carbocycles. The number of nitrogens with one attached hydrogen (secondary N) is 1. The van der Waals surface area contributed by atoms with Gasteiger partial charge in [-0.25, -0.2) is 4.98 Å². The molecule has 1 amide bonds. The fourth-order valence-electron chi connectivity index (χ4n) is 2.56. The molecule has 1 aromatic heterocycles. The Balaban J connectivity index is 2.30. The second-order valence-corrected chi connectivity index (χ2v) is 5.01. The monoisotopic (exact) mass is 236 g/mol. The minimum absolute atomic E-state index is 0.176. The normalized spacial score (nSPS) is 21.9. The summed E-state index contributed by atoms with van der Waals surface area (Å²) in [7, 11) is 0. The van der Waals surface area contributed by atoms with E-state index in [2.05, 4.69) is 10.3 Å². The van der Waals surface area contributed by atoms with Gasteiger partial charge in [0, 0.05) is 24.4 Å². The number of hydrogen-bond donors (Lipinski definition) is 2. The van der Waals surface area contributed by atoms with Crippen molar-refractivity contribution in [1.29, 1.82) is 0 Å². The third-order valence-corrected chi connectivity index (χ3v) is 3.40. The lowest BCUT2D eigenvalue weighted by atomic mass is 10.0. The van der Waals surface area contributed by atoms with Crippen LogP contribution >= 0.6 is 0 Å². The van der Waals surface area contributed by atoms with Gasteiger partial charge in [-0.15, -0.1) is 0 Å². The molecular weight excluding hydrogens is 216 g/mol. The van der Waals surface area contributed by atoms with Crippen molar-refractivity contribution in [2.24, 2.45) is 11.7 Å². The fourth-order valence-corrected chi connectivity index (χ4v) is 2.56. The molecule has 2 rings (SSSR count). The minimum atomic E-state index is -0.298. The fraction of sp³-hybridized carbons (Fsp3) is 0.667. The highest BCUT2D eigenvalue weighted by molar-refractivity contribution is 5.78. The van der Waals surface area contributed by atoms with Gasteiger partial charge in [-0.3, -0.25) is 4.79 Å². The molecule has 5 heteroatoms. The van der Waals surface area contributed by atoms with Crippen molar-refractivity contribution in [3.05, 3.63) is 18.2 Å². The van der Waals surface area contributed by atoms with Gasteiger partial charge in [0.25, 0.3) is 0 Å². The molecule has 94 valence electrons. The van der Waals surface area contributed by atoms with E-state index in [9.17, 15) is 4.79 Å². The number of carbonyl (C=O) groups excluding carboxylic acids is 1. The predicted octanol–water partition coefficient (Wildman–Crippen LogP) is 0.642. The number of imidazole rings is 1. The van der Waals surface area contributed by atoms with E-state index < -0.39 is 0 Å². The Kier molecular flexibility index (Phi) is 3.47. The second-order valence-electron chi connectivity index (χ2n) is 5.01. The molecule has 0 aromatic carbocycles. The van der Waals surface area contributed by atoms with Crippen LogP contribution in [0.5, 0.6) is 0 Å². The number of amides is 1. The lowest BCUT2D eigenvalue weighted by molar-refractivity contribution is -0.122. The molecule has 17 heavy (non-hydrogen) atoms. The lowest BCUT2D eigenvalue weighted by Crippen LogP contribution is -2.31. The van der Waals surface area contributed by atoms with Crippen LogP contribution in [-0.2, 0) is 4.79 Å². The van der Waals surface area contributed by atoms with Crippen LogP contribution in [0.2, 0.25) is 0 Å². The summed E-state index contributed by atoms with van der Waals surface area (Å²) >= 11 is 0. The summed E-state index contributed by atoms with van der Waals surface area (Å²) in [6.45, 7) is 5.99. The van der Waals surface area contributed by atoms with Gasteiger partial charge in [0.05, 0.1) is 6.33 Å². The minimum Gasteiger partial charge on any atom is -0.368 e. The summed E-state index contributed by atoms with van der Waals surface area (Å²) in [5.74, 6) is 0.332. The largest absolute Gasteiger partial charge is 0.368 e. The van der Waals surface area contributed by atoms with E-state index in [4.69, 9.17) is 5.73 Å². The Bertz CT molecular complexity index is 393. The SMILES string of the molecule is CC(C)C(C(N)=O)n1cncc1C1CCNC1. The number of nitrogens with two attached hydrogens (primary N) is 1. The van der Waals surface area contributed by atoms with Gasteiger partial charge < -0.3 is 15.6 Å². The Labute approximate surface area is 101 Å². The van der Waals surface area contributed by atoms with Crippen LogP contribution in [0.15, 0.2) is 12.5 Å². The van der Waals surface area contributed by atoms with Crippen LogP contribution in [-0.4, -0.2) is 28.5 Å². The molecule has 1 saturated heterocycles. The van der Waals surface area contributed by atoms with Crippen LogP contribution < -0.4 is 11.1 Å². The highest BCUT2D eigenvalue weighted by atomic mass is 16.1. The van der Waals surface area contributed by atoms with Gasteiger partial charge in [-0.2, -0.15) is 0 Å². The van der Waals surface area contributed by atoms with Crippen molar-refractivity contribution in [2.75, 3.05) is 13.1 Å². The van der Waals surface area contributed by atoms with Crippen LogP contribution in [0.1, 0.15) is 37.9 Å². The third kappa shape index (κ3) is 2.34. The highest BCUT2D eigenvalue weighted by Gasteiger charge is 2.27. The van der Waals surface area contributed by atoms with Crippen molar-refractivity contribution in [3.8, 4) is 0 Å². The number of aromatic nitrogens is 2. The van der Waals surface area contributed by atoms with Crippen LogP contribution in [0.3, 0.4) is 0 Å². The first-order valence-corrected chi connectivity index (χ1v) is 6.13. The van der Waals surface area contributed by atoms with Gasteiger partial charge in [-0.05, 0) is 18.9 Å². The molecule has 1 aliphatic heterocycles. The standard InChI is InChI=1S/C12H20N4O/c1-8(2)11(12(13)17)16-7-15-6-10(16)9-3-4-14-5-9/h6-9,11,14H,3-5H2,1-2H3,(H2,13,17). The summed E-state index contributed by atoms with van der Waals surface area (Å²) < 4.78 is 1.95. The van der Waals surface area contributed by atoms with Gasteiger partial charge in [0.2, 0.25) is 5.91 Å². The van der Waals surface area contributed by atoms with Crippen molar-refractivity contribution in [3.63, 3.8) is 0 Å². The Hall–Kier alpha value is -1.36. The van der Waals surface area contributed by atoms with E-state index in [1.54, 1.807) is 6.33 Å². The maximum atomic E-state index is 11.6. The first kappa shape index (κ1) is 12.1. The van der Waals surface area contributed by atoms with Crippen molar-refractivity contribution in [2.45, 2.75) is 32.2 Å². The van der Waals surface area contributed by atoms with Crippen molar-refractivity contribution >= 4 is 5.91 Å². The second kappa shape index (κ2) is 4.87. The first-order chi connectivity index (χ1) is 8.11. The van der Waals surface area contributed by atoms with E-state index in [1.807, 2.05) is 24.6 Å². The van der Waals surface area contributed by atoms with Gasteiger partial charge in [0.1, 0.15) is 6.04 Å². The number of carbonyl (C=O) groups is 1. The zero-order valence-electron chi connectivity index (χ0n) is 10.4. The summed E-state index contributed by atoms with van der Waals surface area (Å²) in [5.41, 5.74) is 6.61. The summed E-state index contributed by atoms with van der Waals surface area (Å²) in [6.07, 6.45) is 4.67. The number of hydrogen-bond acceptors (Lipinski definition) is 3. The summed E-state index contributed by atoms with van der Waals surface area (Å²) in [5, 5.41) is 3.33. The maximum Gasteiger partial charge on any atom is 0.240 e. The lowest BCUT2D eigenvalue weighted by Gasteiger charge is -2.23. The summed E-state index contributed by atoms with van der Waals surface area (Å²) in [4.78, 5) is 15.7. The number of primary amides is 1. The molecule has 1 aromatic rings. The van der Waals surface area contributed by atoms with E-state index in [1.165, 1.54) is 0 Å². The molecule has 0 saturated carbocycles. The van der Waals surface area contributed by atoms with Gasteiger partial charge in [0.15, 0.2) is 0 Å². The zero-order chi connectivity index (χ0) is 12.4. The Morgan fingerprint density at radius 3 is 2.94 bits per heavy atom. The van der Waals surface area contributed by atoms with Gasteiger partial charge in [-0.1, -0.05) is 13.8 Å². The topological polar surface area (TPSA) is 72.9 Å². The molecule has 2 heterocycles. The number of rotatable bonds is 4. The molecule has 1 fully saturated rings. The Morgan fingerprint density at radius 2 is 2.41 bits per heavy atom. The first-order valence-electron chi connectivity index (χ1n) is 6.13. The van der Waals surface area contributed by atoms with E-state index in [0.717, 1.165) is 25.2 Å². The molecule has 1 aliphatic rings. The number of nitrogens with zero attached hydrogens (tertiary/aromatic N) is 2. The van der Waals surface area contributed by atoms with E-state index in [-0.39, 0.29) is 17.9 Å². The summed E-state index contributed by atoms with van der Waals surface area (Å²) in [6, 6.07) is -0.298. The maximum absolute atomic E-state index is 11.6. The van der Waals surface area contributed by atoms with E-state index in [0.29, 0.717) is 5.92 Å². The van der Waals surface area contributed by atoms with E-state index >= 15 is 0 Å². The van der Waals surface area contributed by atoms with Crippen LogP contribution in [0.4, 0.5) is 0 Å². The smallest absolute Gasteiger partial charge is 0.240 e. The average Bonchev–Trinajstić information content (AvgIpc) is 2.84. The molecule has 5 nitrogen and oxygen atoms in total. The molecular formula is C12H20N4O. The third-order valence-electron chi connectivity index (χ3n) is 3.40. The Morgan fingerprint density at radius 1 is 1.65 bits per heavy atom.